The zero-order valence-corrected chi connectivity index (χ0v) is 20.6. The van der Waals surface area contributed by atoms with Gasteiger partial charge in [0.05, 0.1) is 22.3 Å². The quantitative estimate of drug-likeness (QED) is 0.381. The molecule has 1 N–H and O–H groups in total. The van der Waals surface area contributed by atoms with Crippen LogP contribution in [0.1, 0.15) is 80.3 Å². The number of aliphatic carboxylic acids is 1. The van der Waals surface area contributed by atoms with E-state index in [1.807, 2.05) is 6.07 Å². The average Bonchev–Trinajstić information content (AvgIpc) is 3.44. The monoisotopic (exact) mass is 517 g/mol. The summed E-state index contributed by atoms with van der Waals surface area (Å²) >= 11 is 13.0. The van der Waals surface area contributed by atoms with E-state index in [-0.39, 0.29) is 23.3 Å². The molecule has 0 aliphatic heterocycles. The van der Waals surface area contributed by atoms with Crippen molar-refractivity contribution in [2.24, 2.45) is 0 Å². The molecule has 4 fully saturated rings. The number of carboxylic acids is 1. The van der Waals surface area contributed by atoms with Gasteiger partial charge in [0, 0.05) is 22.5 Å². The fourth-order valence-electron chi connectivity index (χ4n) is 5.64. The topological polar surface area (TPSA) is 111 Å². The standard InChI is InChI=1S/C25H25Cl2N3O5/c26-16-2-1-3-17(27)20(16)21-15(22(34-30-21)14-4-5-14)13-33-25-9-6-24(7-10-25,8-11-25)23-28-18(29-35-23)12-19(31)32/h1-3,14H,4-13H2,(H,31,32). The smallest absolute Gasteiger partial charge is 0.311 e. The van der Waals surface area contributed by atoms with Gasteiger partial charge in [0.15, 0.2) is 5.82 Å². The number of halogens is 2. The van der Waals surface area contributed by atoms with Crippen molar-refractivity contribution in [3.63, 3.8) is 0 Å². The molecule has 0 saturated heterocycles. The van der Waals surface area contributed by atoms with Gasteiger partial charge in [0.25, 0.3) is 0 Å². The molecule has 4 aliphatic rings. The van der Waals surface area contributed by atoms with Gasteiger partial charge in [0.1, 0.15) is 17.9 Å². The number of hydrogen-bond acceptors (Lipinski definition) is 7. The Morgan fingerprint density at radius 3 is 2.37 bits per heavy atom. The minimum atomic E-state index is -0.966. The van der Waals surface area contributed by atoms with Crippen molar-refractivity contribution in [2.45, 2.75) is 81.3 Å². The maximum Gasteiger partial charge on any atom is 0.311 e. The summed E-state index contributed by atoms with van der Waals surface area (Å²) < 4.78 is 18.0. The van der Waals surface area contributed by atoms with Gasteiger partial charge in [-0.25, -0.2) is 0 Å². The van der Waals surface area contributed by atoms with Crippen molar-refractivity contribution in [2.75, 3.05) is 0 Å². The largest absolute Gasteiger partial charge is 0.481 e. The molecule has 4 aliphatic carbocycles. The van der Waals surface area contributed by atoms with Crippen LogP contribution in [0.4, 0.5) is 0 Å². The Labute approximate surface area is 211 Å². The number of hydrogen-bond donors (Lipinski definition) is 1. The number of nitrogens with zero attached hydrogens (tertiary/aromatic N) is 3. The first-order valence-corrected chi connectivity index (χ1v) is 12.8. The minimum absolute atomic E-state index is 0.193. The number of ether oxygens (including phenoxy) is 1. The van der Waals surface area contributed by atoms with E-state index in [4.69, 9.17) is 42.1 Å². The molecule has 0 spiro atoms. The van der Waals surface area contributed by atoms with Crippen molar-refractivity contribution in [1.82, 2.24) is 15.3 Å². The van der Waals surface area contributed by atoms with Crippen LogP contribution >= 0.6 is 23.2 Å². The molecule has 2 bridgehead atoms. The van der Waals surface area contributed by atoms with Crippen LogP contribution < -0.4 is 0 Å². The van der Waals surface area contributed by atoms with E-state index in [9.17, 15) is 4.79 Å². The summed E-state index contributed by atoms with van der Waals surface area (Å²) in [4.78, 5) is 15.4. The van der Waals surface area contributed by atoms with Gasteiger partial charge >= 0.3 is 5.97 Å². The minimum Gasteiger partial charge on any atom is -0.481 e. The number of aromatic nitrogens is 3. The summed E-state index contributed by atoms with van der Waals surface area (Å²) in [6.07, 6.45) is 7.14. The number of fused-ring (bicyclic) bond motifs is 3. The van der Waals surface area contributed by atoms with Gasteiger partial charge in [-0.05, 0) is 63.5 Å². The Kier molecular flexibility index (Phi) is 5.66. The molecule has 10 heteroatoms. The molecule has 4 saturated carbocycles. The van der Waals surface area contributed by atoms with Crippen molar-refractivity contribution in [3.8, 4) is 11.3 Å². The van der Waals surface area contributed by atoms with Gasteiger partial charge in [-0.3, -0.25) is 4.79 Å². The fraction of sp³-hybridized carbons (Fsp3) is 0.520. The normalized spacial score (nSPS) is 25.8. The van der Waals surface area contributed by atoms with Crippen molar-refractivity contribution in [1.29, 1.82) is 0 Å². The lowest BCUT2D eigenvalue weighted by Crippen LogP contribution is -2.49. The van der Waals surface area contributed by atoms with E-state index in [2.05, 4.69) is 15.3 Å². The highest BCUT2D eigenvalue weighted by Crippen LogP contribution is 2.55. The molecule has 0 unspecified atom stereocenters. The molecule has 0 radical (unpaired) electrons. The second-order valence-corrected chi connectivity index (χ2v) is 10.9. The molecular weight excluding hydrogens is 493 g/mol. The van der Waals surface area contributed by atoms with E-state index in [0.29, 0.717) is 39.7 Å². The van der Waals surface area contributed by atoms with Crippen LogP contribution in [0, 0.1) is 0 Å². The van der Waals surface area contributed by atoms with E-state index in [0.717, 1.165) is 62.7 Å². The summed E-state index contributed by atoms with van der Waals surface area (Å²) in [7, 11) is 0. The zero-order chi connectivity index (χ0) is 24.2. The van der Waals surface area contributed by atoms with Crippen molar-refractivity contribution in [3.05, 3.63) is 51.3 Å². The second-order valence-electron chi connectivity index (χ2n) is 10.1. The molecule has 2 heterocycles. The molecule has 8 nitrogen and oxygen atoms in total. The van der Waals surface area contributed by atoms with Crippen molar-refractivity contribution >= 4 is 29.2 Å². The first-order chi connectivity index (χ1) is 16.9. The van der Waals surface area contributed by atoms with Gasteiger partial charge in [-0.15, -0.1) is 0 Å². The van der Waals surface area contributed by atoms with Crippen LogP contribution in [0.2, 0.25) is 10.0 Å². The molecule has 7 rings (SSSR count). The molecule has 35 heavy (non-hydrogen) atoms. The third kappa shape index (κ3) is 4.15. The fourth-order valence-corrected chi connectivity index (χ4v) is 6.21. The summed E-state index contributed by atoms with van der Waals surface area (Å²) in [5, 5.41) is 18.3. The first kappa shape index (κ1) is 23.0. The maximum absolute atomic E-state index is 11.0. The molecule has 0 amide bonds. The summed E-state index contributed by atoms with van der Waals surface area (Å²) in [6.45, 7) is 0.391. The van der Waals surface area contributed by atoms with Gasteiger partial charge in [-0.2, -0.15) is 4.98 Å². The Hall–Kier alpha value is -2.42. The third-order valence-electron chi connectivity index (χ3n) is 7.90. The Morgan fingerprint density at radius 2 is 1.74 bits per heavy atom. The second kappa shape index (κ2) is 8.61. The summed E-state index contributed by atoms with van der Waals surface area (Å²) in [5.41, 5.74) is 1.86. The first-order valence-electron chi connectivity index (χ1n) is 12.0. The predicted octanol–water partition coefficient (Wildman–Crippen LogP) is 6.10. The highest BCUT2D eigenvalue weighted by atomic mass is 35.5. The lowest BCUT2D eigenvalue weighted by Gasteiger charge is -2.51. The summed E-state index contributed by atoms with van der Waals surface area (Å²) in [6, 6.07) is 5.42. The number of carboxylic acid groups (broad SMARTS) is 1. The van der Waals surface area contributed by atoms with E-state index in [1.54, 1.807) is 12.1 Å². The van der Waals surface area contributed by atoms with Gasteiger partial charge < -0.3 is 18.9 Å². The van der Waals surface area contributed by atoms with E-state index in [1.165, 1.54) is 0 Å². The molecular formula is C25H25Cl2N3O5. The van der Waals surface area contributed by atoms with Crippen LogP contribution in [0.5, 0.6) is 0 Å². The van der Waals surface area contributed by atoms with Crippen molar-refractivity contribution < 1.29 is 23.7 Å². The number of rotatable bonds is 8. The lowest BCUT2D eigenvalue weighted by molar-refractivity contribution is -0.136. The predicted molar refractivity (Wildman–Crippen MR) is 126 cm³/mol. The van der Waals surface area contributed by atoms with Crippen LogP contribution in [-0.2, 0) is 28.0 Å². The van der Waals surface area contributed by atoms with Gasteiger partial charge in [0.2, 0.25) is 5.89 Å². The number of carbonyl (C=O) groups is 1. The van der Waals surface area contributed by atoms with E-state index < -0.39 is 5.97 Å². The SMILES string of the molecule is O=C(O)Cc1noc(C23CCC(OCc4c(-c5c(Cl)cccc5Cl)noc4C4CC4)(CC2)CC3)n1. The van der Waals surface area contributed by atoms with Gasteiger partial charge in [-0.1, -0.05) is 39.6 Å². The average molecular weight is 518 g/mol. The van der Waals surface area contributed by atoms with Crippen LogP contribution in [0.25, 0.3) is 11.3 Å². The highest BCUT2D eigenvalue weighted by Gasteiger charge is 2.53. The van der Waals surface area contributed by atoms with Crippen LogP contribution in [0.3, 0.4) is 0 Å². The van der Waals surface area contributed by atoms with Crippen LogP contribution in [0.15, 0.2) is 27.2 Å². The molecule has 184 valence electrons. The Morgan fingerprint density at radius 1 is 1.06 bits per heavy atom. The Bertz CT molecular complexity index is 1240. The molecule has 0 atom stereocenters. The highest BCUT2D eigenvalue weighted by molar-refractivity contribution is 6.39. The lowest BCUT2D eigenvalue weighted by atomic mass is 9.58. The molecule has 3 aromatic rings. The Balaban J connectivity index is 1.20. The molecule has 2 aromatic heterocycles. The van der Waals surface area contributed by atoms with Crippen LogP contribution in [-0.4, -0.2) is 32.0 Å². The number of benzene rings is 1. The molecule has 1 aromatic carbocycles. The third-order valence-corrected chi connectivity index (χ3v) is 8.53. The summed E-state index contributed by atoms with van der Waals surface area (Å²) in [5.74, 6) is 1.08. The zero-order valence-electron chi connectivity index (χ0n) is 19.1. The van der Waals surface area contributed by atoms with E-state index >= 15 is 0 Å². The maximum atomic E-state index is 11.0.